The maximum Gasteiger partial charge on any atom is 0.316 e. The Kier molecular flexibility index (Phi) is 6.14. The Morgan fingerprint density at radius 3 is 1.88 bits per heavy atom. The molecule has 6 nitrogen and oxygen atoms in total. The molecule has 6 heteroatoms. The number of aliphatic hydroxyl groups excluding tert-OH is 1. The molecule has 0 aromatic heterocycles. The SMILES string of the molecule is CC(C)(C)C(=O)Oc1ccc(CC(N)O)cc1OC(=O)C(C)(C)C. The van der Waals surface area contributed by atoms with Crippen LogP contribution < -0.4 is 15.2 Å². The molecule has 0 spiro atoms. The van der Waals surface area contributed by atoms with Gasteiger partial charge in [-0.25, -0.2) is 0 Å². The van der Waals surface area contributed by atoms with Gasteiger partial charge < -0.3 is 20.3 Å². The molecule has 3 N–H and O–H groups in total. The number of esters is 2. The van der Waals surface area contributed by atoms with Crippen LogP contribution in [0.2, 0.25) is 0 Å². The lowest BCUT2D eigenvalue weighted by Crippen LogP contribution is -2.28. The van der Waals surface area contributed by atoms with E-state index in [2.05, 4.69) is 0 Å². The number of hydrogen-bond donors (Lipinski definition) is 2. The summed E-state index contributed by atoms with van der Waals surface area (Å²) in [5.41, 5.74) is 4.64. The second kappa shape index (κ2) is 7.32. The molecule has 0 aliphatic carbocycles. The van der Waals surface area contributed by atoms with Crippen molar-refractivity contribution in [3.05, 3.63) is 23.8 Å². The third-order valence-corrected chi connectivity index (χ3v) is 3.08. The zero-order valence-electron chi connectivity index (χ0n) is 15.2. The van der Waals surface area contributed by atoms with Gasteiger partial charge in [-0.1, -0.05) is 6.07 Å². The van der Waals surface area contributed by atoms with Crippen LogP contribution in [0.5, 0.6) is 11.5 Å². The van der Waals surface area contributed by atoms with Crippen LogP contribution in [0.15, 0.2) is 18.2 Å². The highest BCUT2D eigenvalue weighted by Crippen LogP contribution is 2.32. The number of nitrogens with two attached hydrogens (primary N) is 1. The molecule has 134 valence electrons. The summed E-state index contributed by atoms with van der Waals surface area (Å²) in [5, 5.41) is 9.31. The summed E-state index contributed by atoms with van der Waals surface area (Å²) in [7, 11) is 0. The Balaban J connectivity index is 3.17. The molecule has 1 aromatic carbocycles. The van der Waals surface area contributed by atoms with Crippen molar-refractivity contribution in [2.24, 2.45) is 16.6 Å². The summed E-state index contributed by atoms with van der Waals surface area (Å²) < 4.78 is 10.8. The monoisotopic (exact) mass is 337 g/mol. The van der Waals surface area contributed by atoms with E-state index in [0.29, 0.717) is 5.56 Å². The van der Waals surface area contributed by atoms with Crippen LogP contribution >= 0.6 is 0 Å². The fraction of sp³-hybridized carbons (Fsp3) is 0.556. The molecule has 0 bridgehead atoms. The van der Waals surface area contributed by atoms with Gasteiger partial charge in [0.2, 0.25) is 0 Å². The number of ether oxygens (including phenoxy) is 2. The molecule has 0 aliphatic rings. The summed E-state index contributed by atoms with van der Waals surface area (Å²) in [4.78, 5) is 24.3. The lowest BCUT2D eigenvalue weighted by Gasteiger charge is -2.21. The number of benzene rings is 1. The van der Waals surface area contributed by atoms with Gasteiger partial charge >= 0.3 is 11.9 Å². The molecule has 0 fully saturated rings. The number of rotatable bonds is 4. The zero-order valence-corrected chi connectivity index (χ0v) is 15.2. The van der Waals surface area contributed by atoms with Crippen molar-refractivity contribution in [3.63, 3.8) is 0 Å². The van der Waals surface area contributed by atoms with Gasteiger partial charge in [0, 0.05) is 6.42 Å². The van der Waals surface area contributed by atoms with E-state index in [1.807, 2.05) is 0 Å². The Bertz CT molecular complexity index is 609. The number of carbonyl (C=O) groups excluding carboxylic acids is 2. The van der Waals surface area contributed by atoms with Crippen molar-refractivity contribution in [2.45, 2.75) is 54.2 Å². The third kappa shape index (κ3) is 5.94. The standard InChI is InChI=1S/C18H27NO5/c1-17(2,3)15(21)23-12-8-7-11(10-14(19)20)9-13(12)24-16(22)18(4,5)6/h7-9,14,20H,10,19H2,1-6H3. The van der Waals surface area contributed by atoms with Gasteiger partial charge in [0.1, 0.15) is 6.23 Å². The Morgan fingerprint density at radius 1 is 1.00 bits per heavy atom. The Labute approximate surface area is 142 Å². The third-order valence-electron chi connectivity index (χ3n) is 3.08. The van der Waals surface area contributed by atoms with E-state index in [4.69, 9.17) is 15.2 Å². The van der Waals surface area contributed by atoms with Crippen molar-refractivity contribution < 1.29 is 24.2 Å². The van der Waals surface area contributed by atoms with E-state index in [1.54, 1.807) is 53.7 Å². The highest BCUT2D eigenvalue weighted by atomic mass is 16.6. The normalized spacial score (nSPS) is 13.3. The molecule has 0 heterocycles. The predicted octanol–water partition coefficient (Wildman–Crippen LogP) is 2.41. The average molecular weight is 337 g/mol. The molecular weight excluding hydrogens is 310 g/mol. The van der Waals surface area contributed by atoms with E-state index < -0.39 is 29.0 Å². The van der Waals surface area contributed by atoms with Gasteiger partial charge in [0.25, 0.3) is 0 Å². The van der Waals surface area contributed by atoms with E-state index in [0.717, 1.165) is 0 Å². The minimum absolute atomic E-state index is 0.130. The van der Waals surface area contributed by atoms with Crippen LogP contribution in [0.4, 0.5) is 0 Å². The lowest BCUT2D eigenvalue weighted by atomic mass is 9.97. The van der Waals surface area contributed by atoms with Crippen LogP contribution in [0.25, 0.3) is 0 Å². The maximum atomic E-state index is 12.2. The minimum atomic E-state index is -1.03. The van der Waals surface area contributed by atoms with E-state index >= 15 is 0 Å². The number of aliphatic hydroxyl groups is 1. The predicted molar refractivity (Wildman–Crippen MR) is 90.5 cm³/mol. The molecule has 1 unspecified atom stereocenters. The molecular formula is C18H27NO5. The first-order valence-corrected chi connectivity index (χ1v) is 7.82. The molecule has 0 saturated carbocycles. The number of carbonyl (C=O) groups is 2. The van der Waals surface area contributed by atoms with Crippen LogP contribution in [-0.4, -0.2) is 23.3 Å². The fourth-order valence-electron chi connectivity index (χ4n) is 1.59. The van der Waals surface area contributed by atoms with Crippen molar-refractivity contribution in [3.8, 4) is 11.5 Å². The first kappa shape index (κ1) is 20.1. The van der Waals surface area contributed by atoms with Crippen molar-refractivity contribution in [2.75, 3.05) is 0 Å². The lowest BCUT2D eigenvalue weighted by molar-refractivity contribution is -0.145. The molecule has 0 aliphatic heterocycles. The highest BCUT2D eigenvalue weighted by Gasteiger charge is 2.28. The second-order valence-electron chi connectivity index (χ2n) is 7.83. The molecule has 1 rings (SSSR count). The largest absolute Gasteiger partial charge is 0.422 e. The molecule has 0 amide bonds. The summed E-state index contributed by atoms with van der Waals surface area (Å²) in [5.74, 6) is -0.614. The Morgan fingerprint density at radius 2 is 1.46 bits per heavy atom. The van der Waals surface area contributed by atoms with Gasteiger partial charge in [-0.05, 0) is 59.2 Å². The van der Waals surface area contributed by atoms with Gasteiger partial charge in [0.05, 0.1) is 10.8 Å². The average Bonchev–Trinajstić information content (AvgIpc) is 2.38. The van der Waals surface area contributed by atoms with Crippen LogP contribution in [-0.2, 0) is 16.0 Å². The quantitative estimate of drug-likeness (QED) is 0.497. The fourth-order valence-corrected chi connectivity index (χ4v) is 1.59. The molecule has 24 heavy (non-hydrogen) atoms. The molecule has 0 saturated heterocycles. The topological polar surface area (TPSA) is 98.8 Å². The maximum absolute atomic E-state index is 12.2. The van der Waals surface area contributed by atoms with Crippen LogP contribution in [0, 0.1) is 10.8 Å². The van der Waals surface area contributed by atoms with Crippen molar-refractivity contribution in [1.29, 1.82) is 0 Å². The first-order chi connectivity index (χ1) is 10.8. The number of hydrogen-bond acceptors (Lipinski definition) is 6. The summed E-state index contributed by atoms with van der Waals surface area (Å²) in [6.07, 6.45) is -0.841. The summed E-state index contributed by atoms with van der Waals surface area (Å²) in [6.45, 7) is 10.4. The van der Waals surface area contributed by atoms with Gasteiger partial charge in [0.15, 0.2) is 11.5 Å². The van der Waals surface area contributed by atoms with Crippen molar-refractivity contribution >= 4 is 11.9 Å². The first-order valence-electron chi connectivity index (χ1n) is 7.82. The zero-order chi connectivity index (χ0) is 18.7. The van der Waals surface area contributed by atoms with E-state index in [-0.39, 0.29) is 17.9 Å². The molecule has 1 aromatic rings. The van der Waals surface area contributed by atoms with Crippen molar-refractivity contribution in [1.82, 2.24) is 0 Å². The summed E-state index contributed by atoms with van der Waals surface area (Å²) >= 11 is 0. The molecule has 1 atom stereocenters. The van der Waals surface area contributed by atoms with Gasteiger partial charge in [-0.2, -0.15) is 0 Å². The highest BCUT2D eigenvalue weighted by molar-refractivity contribution is 5.81. The molecule has 0 radical (unpaired) electrons. The van der Waals surface area contributed by atoms with Gasteiger partial charge in [-0.15, -0.1) is 0 Å². The van der Waals surface area contributed by atoms with Gasteiger partial charge in [-0.3, -0.25) is 9.59 Å². The smallest absolute Gasteiger partial charge is 0.316 e. The van der Waals surface area contributed by atoms with Crippen LogP contribution in [0.3, 0.4) is 0 Å². The second-order valence-corrected chi connectivity index (χ2v) is 7.83. The summed E-state index contributed by atoms with van der Waals surface area (Å²) in [6, 6.07) is 4.74. The Hall–Kier alpha value is -1.92. The minimum Gasteiger partial charge on any atom is -0.422 e. The van der Waals surface area contributed by atoms with E-state index in [1.165, 1.54) is 6.07 Å². The van der Waals surface area contributed by atoms with E-state index in [9.17, 15) is 14.7 Å². The van der Waals surface area contributed by atoms with Crippen LogP contribution in [0.1, 0.15) is 47.1 Å².